The van der Waals surface area contributed by atoms with E-state index in [1.807, 2.05) is 6.92 Å². The summed E-state index contributed by atoms with van der Waals surface area (Å²) in [6, 6.07) is 1.52. The molecular weight excluding hydrogens is 168 g/mol. The van der Waals surface area contributed by atoms with Crippen LogP contribution in [-0.2, 0) is 0 Å². The van der Waals surface area contributed by atoms with E-state index in [0.29, 0.717) is 0 Å². The lowest BCUT2D eigenvalue weighted by atomic mass is 10.2. The van der Waals surface area contributed by atoms with Gasteiger partial charge in [-0.1, -0.05) is 0 Å². The Morgan fingerprint density at radius 3 is 2.85 bits per heavy atom. The van der Waals surface area contributed by atoms with Gasteiger partial charge in [0.05, 0.1) is 12.1 Å². The van der Waals surface area contributed by atoms with E-state index in [2.05, 4.69) is 5.10 Å². The molecule has 1 aliphatic rings. The highest BCUT2D eigenvalue weighted by Gasteiger charge is 2.28. The quantitative estimate of drug-likeness (QED) is 0.667. The monoisotopic (exact) mass is 182 g/mol. The minimum absolute atomic E-state index is 0.0385. The molecule has 1 saturated carbocycles. The van der Waals surface area contributed by atoms with Crippen LogP contribution in [0.5, 0.6) is 0 Å². The maximum atomic E-state index is 11.4. The third-order valence-corrected chi connectivity index (χ3v) is 2.65. The van der Waals surface area contributed by atoms with Crippen LogP contribution >= 0.6 is 0 Å². The average Bonchev–Trinajstić information content (AvgIpc) is 2.58. The molecule has 1 heterocycles. The van der Waals surface area contributed by atoms with Gasteiger partial charge < -0.3 is 5.11 Å². The van der Waals surface area contributed by atoms with Gasteiger partial charge in [-0.15, -0.1) is 0 Å². The van der Waals surface area contributed by atoms with E-state index in [1.165, 1.54) is 0 Å². The first-order valence-electron chi connectivity index (χ1n) is 4.64. The highest BCUT2D eigenvalue weighted by molar-refractivity contribution is 4.98. The topological polar surface area (TPSA) is 58.0 Å². The minimum atomic E-state index is -0.365. The van der Waals surface area contributed by atoms with Crippen molar-refractivity contribution in [3.05, 3.63) is 22.1 Å². The number of nitrogens with zero attached hydrogens (tertiary/aromatic N) is 1. The molecule has 1 fully saturated rings. The molecule has 13 heavy (non-hydrogen) atoms. The van der Waals surface area contributed by atoms with Gasteiger partial charge in [0.15, 0.2) is 0 Å². The van der Waals surface area contributed by atoms with Crippen molar-refractivity contribution >= 4 is 0 Å². The Hall–Kier alpha value is -1.03. The Morgan fingerprint density at radius 1 is 1.62 bits per heavy atom. The molecule has 0 saturated heterocycles. The van der Waals surface area contributed by atoms with Crippen LogP contribution in [0, 0.1) is 6.92 Å². The lowest BCUT2D eigenvalue weighted by Gasteiger charge is -2.14. The number of aromatic amines is 1. The lowest BCUT2D eigenvalue weighted by Crippen LogP contribution is -2.27. The first-order chi connectivity index (χ1) is 6.18. The summed E-state index contributed by atoms with van der Waals surface area (Å²) in [6.45, 7) is 1.85. The standard InChI is InChI=1S/C9H14N2O2/c1-6-5-9(13)11(10-6)7-3-2-4-8(7)12/h5,7-8,10,12H,2-4H2,1H3. The second kappa shape index (κ2) is 3.03. The fraction of sp³-hybridized carbons (Fsp3) is 0.667. The third-order valence-electron chi connectivity index (χ3n) is 2.65. The van der Waals surface area contributed by atoms with E-state index in [-0.39, 0.29) is 17.7 Å². The maximum absolute atomic E-state index is 11.4. The molecular formula is C9H14N2O2. The molecule has 1 aromatic heterocycles. The van der Waals surface area contributed by atoms with Gasteiger partial charge >= 0.3 is 0 Å². The highest BCUT2D eigenvalue weighted by Crippen LogP contribution is 2.28. The van der Waals surface area contributed by atoms with Crippen LogP contribution in [0.3, 0.4) is 0 Å². The zero-order valence-electron chi connectivity index (χ0n) is 7.66. The van der Waals surface area contributed by atoms with E-state index in [1.54, 1.807) is 10.7 Å². The molecule has 0 spiro atoms. The van der Waals surface area contributed by atoms with E-state index in [4.69, 9.17) is 0 Å². The number of hydrogen-bond acceptors (Lipinski definition) is 2. The molecule has 0 radical (unpaired) electrons. The van der Waals surface area contributed by atoms with Crippen molar-refractivity contribution in [1.29, 1.82) is 0 Å². The molecule has 0 aromatic carbocycles. The summed E-state index contributed by atoms with van der Waals surface area (Å²) < 4.78 is 1.55. The summed E-state index contributed by atoms with van der Waals surface area (Å²) in [4.78, 5) is 11.4. The Kier molecular flexibility index (Phi) is 2.00. The molecule has 0 amide bonds. The van der Waals surface area contributed by atoms with E-state index >= 15 is 0 Å². The zero-order valence-corrected chi connectivity index (χ0v) is 7.66. The number of hydrogen-bond donors (Lipinski definition) is 2. The Balaban J connectivity index is 2.34. The molecule has 2 N–H and O–H groups in total. The van der Waals surface area contributed by atoms with Crippen molar-refractivity contribution in [3.8, 4) is 0 Å². The second-order valence-corrected chi connectivity index (χ2v) is 3.71. The number of aryl methyl sites for hydroxylation is 1. The molecule has 0 bridgehead atoms. The Morgan fingerprint density at radius 2 is 2.38 bits per heavy atom. The normalized spacial score (nSPS) is 28.2. The average molecular weight is 182 g/mol. The Labute approximate surface area is 76.2 Å². The van der Waals surface area contributed by atoms with Crippen LogP contribution in [0.15, 0.2) is 10.9 Å². The summed E-state index contributed by atoms with van der Waals surface area (Å²) in [5.74, 6) is 0. The van der Waals surface area contributed by atoms with Crippen LogP contribution in [0.1, 0.15) is 31.0 Å². The number of aromatic nitrogens is 2. The van der Waals surface area contributed by atoms with Crippen molar-refractivity contribution in [1.82, 2.24) is 9.78 Å². The van der Waals surface area contributed by atoms with Gasteiger partial charge in [0.25, 0.3) is 5.56 Å². The third kappa shape index (κ3) is 1.42. The largest absolute Gasteiger partial charge is 0.391 e. The van der Waals surface area contributed by atoms with E-state index in [9.17, 15) is 9.90 Å². The first kappa shape index (κ1) is 8.56. The SMILES string of the molecule is Cc1cc(=O)n(C2CCCC2O)[nH]1. The first-order valence-corrected chi connectivity index (χ1v) is 4.64. The lowest BCUT2D eigenvalue weighted by molar-refractivity contribution is 0.128. The van der Waals surface area contributed by atoms with E-state index < -0.39 is 0 Å². The fourth-order valence-electron chi connectivity index (χ4n) is 2.00. The molecule has 2 unspecified atom stereocenters. The molecule has 4 nitrogen and oxygen atoms in total. The molecule has 1 aliphatic carbocycles. The van der Waals surface area contributed by atoms with Crippen molar-refractivity contribution < 1.29 is 5.11 Å². The van der Waals surface area contributed by atoms with Crippen LogP contribution in [0.4, 0.5) is 0 Å². The maximum Gasteiger partial charge on any atom is 0.267 e. The molecule has 4 heteroatoms. The zero-order chi connectivity index (χ0) is 9.42. The van der Waals surface area contributed by atoms with Crippen LogP contribution in [0.25, 0.3) is 0 Å². The predicted molar refractivity (Wildman–Crippen MR) is 48.7 cm³/mol. The van der Waals surface area contributed by atoms with Crippen molar-refractivity contribution in [2.75, 3.05) is 0 Å². The number of rotatable bonds is 1. The number of aliphatic hydroxyl groups excluding tert-OH is 1. The number of aliphatic hydroxyl groups is 1. The van der Waals surface area contributed by atoms with Gasteiger partial charge in [0.1, 0.15) is 0 Å². The van der Waals surface area contributed by atoms with Crippen LogP contribution in [0.2, 0.25) is 0 Å². The summed E-state index contributed by atoms with van der Waals surface area (Å²) in [5.41, 5.74) is 0.813. The minimum Gasteiger partial charge on any atom is -0.391 e. The molecule has 0 aliphatic heterocycles. The van der Waals surface area contributed by atoms with Gasteiger partial charge in [-0.3, -0.25) is 9.89 Å². The molecule has 2 rings (SSSR count). The smallest absolute Gasteiger partial charge is 0.267 e. The van der Waals surface area contributed by atoms with Gasteiger partial charge in [-0.05, 0) is 26.2 Å². The molecule has 2 atom stereocenters. The van der Waals surface area contributed by atoms with Crippen molar-refractivity contribution in [2.24, 2.45) is 0 Å². The van der Waals surface area contributed by atoms with Crippen molar-refractivity contribution in [3.63, 3.8) is 0 Å². The second-order valence-electron chi connectivity index (χ2n) is 3.71. The summed E-state index contributed by atoms with van der Waals surface area (Å²) >= 11 is 0. The van der Waals surface area contributed by atoms with Gasteiger partial charge in [-0.25, -0.2) is 4.68 Å². The molecule has 1 aromatic rings. The van der Waals surface area contributed by atoms with Gasteiger partial charge in [-0.2, -0.15) is 0 Å². The van der Waals surface area contributed by atoms with Crippen molar-refractivity contribution in [2.45, 2.75) is 38.3 Å². The molecule has 72 valence electrons. The number of H-pyrrole nitrogens is 1. The summed E-state index contributed by atoms with van der Waals surface area (Å²) in [5, 5.41) is 12.6. The Bertz CT molecular complexity index is 353. The van der Waals surface area contributed by atoms with Gasteiger partial charge in [0.2, 0.25) is 0 Å². The summed E-state index contributed by atoms with van der Waals surface area (Å²) in [7, 11) is 0. The predicted octanol–water partition coefficient (Wildman–Crippen LogP) is 0.571. The van der Waals surface area contributed by atoms with Crippen LogP contribution in [-0.4, -0.2) is 21.0 Å². The number of nitrogens with one attached hydrogen (secondary N) is 1. The van der Waals surface area contributed by atoms with E-state index in [0.717, 1.165) is 25.0 Å². The highest BCUT2D eigenvalue weighted by atomic mass is 16.3. The van der Waals surface area contributed by atoms with Gasteiger partial charge in [0, 0.05) is 11.8 Å². The fourth-order valence-corrected chi connectivity index (χ4v) is 2.00. The van der Waals surface area contributed by atoms with Crippen LogP contribution < -0.4 is 5.56 Å². The summed E-state index contributed by atoms with van der Waals surface area (Å²) in [6.07, 6.45) is 2.32.